The van der Waals surface area contributed by atoms with Crippen molar-refractivity contribution < 1.29 is 15.0 Å². The third kappa shape index (κ3) is 3.40. The van der Waals surface area contributed by atoms with Crippen LogP contribution in [0, 0.1) is 0 Å². The number of phenols is 2. The summed E-state index contributed by atoms with van der Waals surface area (Å²) in [5.74, 6) is -0.431. The summed E-state index contributed by atoms with van der Waals surface area (Å²) in [6, 6.07) is 4.05. The molecule has 1 aliphatic rings. The maximum atomic E-state index is 12.4. The lowest BCUT2D eigenvalue weighted by Crippen LogP contribution is -2.36. The van der Waals surface area contributed by atoms with Crippen molar-refractivity contribution in [2.24, 2.45) is 5.73 Å². The summed E-state index contributed by atoms with van der Waals surface area (Å²) in [7, 11) is 0. The first-order chi connectivity index (χ1) is 9.61. The standard InChI is InChI=1S/C14H21N3O3/c15-4-7-16-5-1-6-17(9-8-16)14(20)12-3-2-11(18)10-13(12)19/h2-3,10,18-19H,1,4-9,15H2. The molecule has 0 radical (unpaired) electrons. The first kappa shape index (κ1) is 14.6. The zero-order valence-electron chi connectivity index (χ0n) is 11.5. The van der Waals surface area contributed by atoms with Gasteiger partial charge < -0.3 is 25.7 Å². The SMILES string of the molecule is NCCN1CCCN(C(=O)c2ccc(O)cc2O)CC1. The predicted octanol–water partition coefficient (Wildman–Crippen LogP) is 0.204. The largest absolute Gasteiger partial charge is 0.508 e. The molecule has 0 spiro atoms. The van der Waals surface area contributed by atoms with Crippen LogP contribution in [0.25, 0.3) is 0 Å². The molecule has 4 N–H and O–H groups in total. The molecule has 6 heteroatoms. The Labute approximate surface area is 118 Å². The van der Waals surface area contributed by atoms with Gasteiger partial charge in [0, 0.05) is 38.8 Å². The molecule has 2 rings (SSSR count). The van der Waals surface area contributed by atoms with E-state index in [1.54, 1.807) is 4.90 Å². The summed E-state index contributed by atoms with van der Waals surface area (Å²) in [6.45, 7) is 4.48. The van der Waals surface area contributed by atoms with Gasteiger partial charge in [0.2, 0.25) is 0 Å². The van der Waals surface area contributed by atoms with Gasteiger partial charge in [0.25, 0.3) is 5.91 Å². The molecule has 6 nitrogen and oxygen atoms in total. The predicted molar refractivity (Wildman–Crippen MR) is 75.8 cm³/mol. The molecule has 1 aliphatic heterocycles. The number of hydrogen-bond donors (Lipinski definition) is 3. The molecule has 1 heterocycles. The van der Waals surface area contributed by atoms with Crippen LogP contribution in [0.5, 0.6) is 11.5 Å². The minimum Gasteiger partial charge on any atom is -0.508 e. The number of benzene rings is 1. The van der Waals surface area contributed by atoms with E-state index < -0.39 is 0 Å². The van der Waals surface area contributed by atoms with Crippen LogP contribution in [0.15, 0.2) is 18.2 Å². The number of aromatic hydroxyl groups is 2. The van der Waals surface area contributed by atoms with Gasteiger partial charge in [-0.2, -0.15) is 0 Å². The van der Waals surface area contributed by atoms with Crippen molar-refractivity contribution in [3.05, 3.63) is 23.8 Å². The third-order valence-corrected chi connectivity index (χ3v) is 3.53. The van der Waals surface area contributed by atoms with E-state index in [1.165, 1.54) is 18.2 Å². The van der Waals surface area contributed by atoms with Gasteiger partial charge in [-0.05, 0) is 25.1 Å². The topological polar surface area (TPSA) is 90.0 Å². The smallest absolute Gasteiger partial charge is 0.257 e. The molecule has 0 aliphatic carbocycles. The number of carbonyl (C=O) groups excluding carboxylic acids is 1. The maximum absolute atomic E-state index is 12.4. The molecule has 0 unspecified atom stereocenters. The summed E-state index contributed by atoms with van der Waals surface area (Å²) in [5.41, 5.74) is 5.78. The number of rotatable bonds is 3. The average molecular weight is 279 g/mol. The van der Waals surface area contributed by atoms with E-state index in [0.717, 1.165) is 26.1 Å². The Morgan fingerprint density at radius 3 is 2.70 bits per heavy atom. The fourth-order valence-electron chi connectivity index (χ4n) is 2.45. The summed E-state index contributed by atoms with van der Waals surface area (Å²) in [6.07, 6.45) is 0.893. The number of hydrogen-bond acceptors (Lipinski definition) is 5. The van der Waals surface area contributed by atoms with Gasteiger partial charge in [-0.1, -0.05) is 0 Å². The van der Waals surface area contributed by atoms with Crippen LogP contribution in [0.2, 0.25) is 0 Å². The minimum absolute atomic E-state index is 0.0518. The fraction of sp³-hybridized carbons (Fsp3) is 0.500. The molecular weight excluding hydrogens is 258 g/mol. The molecule has 110 valence electrons. The quantitative estimate of drug-likeness (QED) is 0.735. The Morgan fingerprint density at radius 1 is 1.20 bits per heavy atom. The Bertz CT molecular complexity index is 479. The molecule has 0 atom stereocenters. The van der Waals surface area contributed by atoms with Crippen molar-refractivity contribution in [2.45, 2.75) is 6.42 Å². The van der Waals surface area contributed by atoms with Crippen LogP contribution in [-0.4, -0.2) is 65.2 Å². The molecule has 1 aromatic rings. The lowest BCUT2D eigenvalue weighted by atomic mass is 10.1. The van der Waals surface area contributed by atoms with E-state index in [1.807, 2.05) is 0 Å². The molecule has 1 aromatic carbocycles. The van der Waals surface area contributed by atoms with Gasteiger partial charge in [-0.15, -0.1) is 0 Å². The normalized spacial score (nSPS) is 16.9. The van der Waals surface area contributed by atoms with Crippen molar-refractivity contribution >= 4 is 5.91 Å². The number of phenolic OH excluding ortho intramolecular Hbond substituents is 2. The van der Waals surface area contributed by atoms with Crippen LogP contribution < -0.4 is 5.73 Å². The summed E-state index contributed by atoms with van der Waals surface area (Å²) >= 11 is 0. The van der Waals surface area contributed by atoms with E-state index in [0.29, 0.717) is 19.6 Å². The first-order valence-electron chi connectivity index (χ1n) is 6.85. The number of amides is 1. The summed E-state index contributed by atoms with van der Waals surface area (Å²) in [4.78, 5) is 16.4. The van der Waals surface area contributed by atoms with Crippen molar-refractivity contribution in [1.29, 1.82) is 0 Å². The van der Waals surface area contributed by atoms with Gasteiger partial charge in [-0.3, -0.25) is 4.79 Å². The average Bonchev–Trinajstić information content (AvgIpc) is 2.64. The summed E-state index contributed by atoms with van der Waals surface area (Å²) < 4.78 is 0. The third-order valence-electron chi connectivity index (χ3n) is 3.53. The van der Waals surface area contributed by atoms with E-state index in [2.05, 4.69) is 4.90 Å². The van der Waals surface area contributed by atoms with E-state index in [9.17, 15) is 15.0 Å². The maximum Gasteiger partial charge on any atom is 0.257 e. The highest BCUT2D eigenvalue weighted by atomic mass is 16.3. The minimum atomic E-state index is -0.197. The van der Waals surface area contributed by atoms with Gasteiger partial charge in [0.15, 0.2) is 0 Å². The molecule has 20 heavy (non-hydrogen) atoms. The molecule has 1 amide bonds. The Hall–Kier alpha value is -1.79. The molecule has 1 saturated heterocycles. The number of nitrogens with two attached hydrogens (primary N) is 1. The first-order valence-corrected chi connectivity index (χ1v) is 6.85. The second kappa shape index (κ2) is 6.58. The van der Waals surface area contributed by atoms with Crippen LogP contribution in [0.4, 0.5) is 0 Å². The zero-order chi connectivity index (χ0) is 14.5. The Kier molecular flexibility index (Phi) is 4.81. The molecular formula is C14H21N3O3. The van der Waals surface area contributed by atoms with Crippen molar-refractivity contribution in [3.8, 4) is 11.5 Å². The van der Waals surface area contributed by atoms with Crippen LogP contribution in [0.3, 0.4) is 0 Å². The molecule has 0 aromatic heterocycles. The van der Waals surface area contributed by atoms with E-state index in [-0.39, 0.29) is 23.0 Å². The lowest BCUT2D eigenvalue weighted by Gasteiger charge is -2.22. The highest BCUT2D eigenvalue weighted by Gasteiger charge is 2.22. The van der Waals surface area contributed by atoms with E-state index in [4.69, 9.17) is 5.73 Å². The molecule has 0 bridgehead atoms. The zero-order valence-corrected chi connectivity index (χ0v) is 11.5. The highest BCUT2D eigenvalue weighted by Crippen LogP contribution is 2.24. The fourth-order valence-corrected chi connectivity index (χ4v) is 2.45. The van der Waals surface area contributed by atoms with Crippen LogP contribution in [0.1, 0.15) is 16.8 Å². The van der Waals surface area contributed by atoms with Gasteiger partial charge in [0.1, 0.15) is 11.5 Å². The van der Waals surface area contributed by atoms with Gasteiger partial charge >= 0.3 is 0 Å². The second-order valence-corrected chi connectivity index (χ2v) is 4.98. The van der Waals surface area contributed by atoms with Gasteiger partial charge in [0.05, 0.1) is 5.56 Å². The monoisotopic (exact) mass is 279 g/mol. The summed E-state index contributed by atoms with van der Waals surface area (Å²) in [5, 5.41) is 19.0. The number of carbonyl (C=O) groups is 1. The lowest BCUT2D eigenvalue weighted by molar-refractivity contribution is 0.0758. The second-order valence-electron chi connectivity index (χ2n) is 4.98. The van der Waals surface area contributed by atoms with Crippen molar-refractivity contribution in [2.75, 3.05) is 39.3 Å². The Morgan fingerprint density at radius 2 is 2.00 bits per heavy atom. The number of nitrogens with zero attached hydrogens (tertiary/aromatic N) is 2. The molecule has 0 saturated carbocycles. The Balaban J connectivity index is 2.05. The van der Waals surface area contributed by atoms with Crippen LogP contribution in [-0.2, 0) is 0 Å². The van der Waals surface area contributed by atoms with Gasteiger partial charge in [-0.25, -0.2) is 0 Å². The van der Waals surface area contributed by atoms with Crippen molar-refractivity contribution in [3.63, 3.8) is 0 Å². The van der Waals surface area contributed by atoms with E-state index >= 15 is 0 Å². The van der Waals surface area contributed by atoms with Crippen LogP contribution >= 0.6 is 0 Å². The highest BCUT2D eigenvalue weighted by molar-refractivity contribution is 5.97. The van der Waals surface area contributed by atoms with Crippen molar-refractivity contribution in [1.82, 2.24) is 9.80 Å². The molecule has 1 fully saturated rings.